The molecule has 0 radical (unpaired) electrons. The molecule has 0 aliphatic heterocycles. The summed E-state index contributed by atoms with van der Waals surface area (Å²) in [6.45, 7) is 2.48. The van der Waals surface area contributed by atoms with Gasteiger partial charge in [-0.3, -0.25) is 0 Å². The first-order chi connectivity index (χ1) is 9.88. The van der Waals surface area contributed by atoms with Crippen molar-refractivity contribution >= 4 is 0 Å². The average Bonchev–Trinajstić information content (AvgIpc) is 3.00. The second-order valence-electron chi connectivity index (χ2n) is 4.49. The molecule has 2 rings (SSSR count). The lowest BCUT2D eigenvalue weighted by Crippen LogP contribution is -2.15. The zero-order valence-corrected chi connectivity index (χ0v) is 11.8. The summed E-state index contributed by atoms with van der Waals surface area (Å²) >= 11 is 0. The summed E-state index contributed by atoms with van der Waals surface area (Å²) in [4.78, 5) is 0. The number of hydrogen-bond donors (Lipinski definition) is 1. The first-order valence-electron chi connectivity index (χ1n) is 6.88. The van der Waals surface area contributed by atoms with Crippen LogP contribution in [0.25, 0.3) is 0 Å². The van der Waals surface area contributed by atoms with E-state index in [2.05, 4.69) is 5.32 Å². The molecule has 2 aromatic rings. The minimum absolute atomic E-state index is 0.731. The maximum Gasteiger partial charge on any atom is 0.119 e. The third-order valence-corrected chi connectivity index (χ3v) is 2.96. The van der Waals surface area contributed by atoms with Crippen molar-refractivity contribution in [3.05, 3.63) is 48.4 Å². The highest BCUT2D eigenvalue weighted by Crippen LogP contribution is 2.17. The van der Waals surface area contributed by atoms with Crippen LogP contribution in [0.4, 0.5) is 0 Å². The summed E-state index contributed by atoms with van der Waals surface area (Å²) in [5.74, 6) is 2.70. The summed E-state index contributed by atoms with van der Waals surface area (Å²) in [6, 6.07) is 11.5. The zero-order valence-electron chi connectivity index (χ0n) is 11.8. The largest absolute Gasteiger partial charge is 0.497 e. The highest BCUT2D eigenvalue weighted by molar-refractivity contribution is 5.31. The molecule has 0 aliphatic carbocycles. The van der Waals surface area contributed by atoms with Gasteiger partial charge < -0.3 is 19.2 Å². The molecule has 0 unspecified atom stereocenters. The van der Waals surface area contributed by atoms with Crippen molar-refractivity contribution in [3.8, 4) is 11.5 Å². The lowest BCUT2D eigenvalue weighted by molar-refractivity contribution is 0.304. The lowest BCUT2D eigenvalue weighted by atomic mass is 10.3. The van der Waals surface area contributed by atoms with Gasteiger partial charge in [-0.15, -0.1) is 0 Å². The van der Waals surface area contributed by atoms with Crippen LogP contribution in [0.1, 0.15) is 18.6 Å². The Balaban J connectivity index is 1.50. The van der Waals surface area contributed by atoms with E-state index in [1.807, 2.05) is 36.4 Å². The maximum absolute atomic E-state index is 5.66. The highest BCUT2D eigenvalue weighted by Gasteiger charge is 1.96. The van der Waals surface area contributed by atoms with Crippen LogP contribution < -0.4 is 14.8 Å². The number of benzene rings is 1. The standard InChI is InChI=1S/C16H21NO3/c1-18-14-6-8-15(9-7-14)19-11-3-2-10-17-13-16-5-4-12-20-16/h4-9,12,17H,2-3,10-11,13H2,1H3. The Morgan fingerprint density at radius 3 is 2.55 bits per heavy atom. The van der Waals surface area contributed by atoms with Crippen LogP contribution in [0.3, 0.4) is 0 Å². The third-order valence-electron chi connectivity index (χ3n) is 2.96. The van der Waals surface area contributed by atoms with E-state index in [1.54, 1.807) is 13.4 Å². The van der Waals surface area contributed by atoms with Crippen LogP contribution in [0.15, 0.2) is 47.1 Å². The van der Waals surface area contributed by atoms with Crippen molar-refractivity contribution in [2.45, 2.75) is 19.4 Å². The normalized spacial score (nSPS) is 10.4. The predicted molar refractivity (Wildman–Crippen MR) is 78.1 cm³/mol. The van der Waals surface area contributed by atoms with Gasteiger partial charge in [-0.2, -0.15) is 0 Å². The molecule has 108 valence electrons. The van der Waals surface area contributed by atoms with E-state index in [-0.39, 0.29) is 0 Å². The number of hydrogen-bond acceptors (Lipinski definition) is 4. The molecule has 0 amide bonds. The Hall–Kier alpha value is -1.94. The van der Waals surface area contributed by atoms with Gasteiger partial charge in [0.25, 0.3) is 0 Å². The van der Waals surface area contributed by atoms with Crippen LogP contribution in [0.5, 0.6) is 11.5 Å². The molecule has 0 aliphatic rings. The fourth-order valence-electron chi connectivity index (χ4n) is 1.84. The van der Waals surface area contributed by atoms with E-state index in [0.29, 0.717) is 0 Å². The zero-order chi connectivity index (χ0) is 14.0. The first-order valence-corrected chi connectivity index (χ1v) is 6.88. The number of unbranched alkanes of at least 4 members (excludes halogenated alkanes) is 1. The third kappa shape index (κ3) is 4.97. The summed E-state index contributed by atoms with van der Waals surface area (Å²) < 4.78 is 16.0. The number of ether oxygens (including phenoxy) is 2. The van der Waals surface area contributed by atoms with Crippen LogP contribution in [0.2, 0.25) is 0 Å². The molecule has 0 saturated heterocycles. The quantitative estimate of drug-likeness (QED) is 0.713. The monoisotopic (exact) mass is 275 g/mol. The highest BCUT2D eigenvalue weighted by atomic mass is 16.5. The van der Waals surface area contributed by atoms with Gasteiger partial charge in [0.1, 0.15) is 17.3 Å². The summed E-state index contributed by atoms with van der Waals surface area (Å²) in [6.07, 6.45) is 3.80. The van der Waals surface area contributed by atoms with Gasteiger partial charge in [-0.05, 0) is 55.8 Å². The lowest BCUT2D eigenvalue weighted by Gasteiger charge is -2.07. The second-order valence-corrected chi connectivity index (χ2v) is 4.49. The molecule has 0 bridgehead atoms. The number of furan rings is 1. The van der Waals surface area contributed by atoms with Gasteiger partial charge in [0.2, 0.25) is 0 Å². The molecule has 1 aromatic carbocycles. The first kappa shape index (κ1) is 14.5. The van der Waals surface area contributed by atoms with Crippen LogP contribution >= 0.6 is 0 Å². The van der Waals surface area contributed by atoms with E-state index in [1.165, 1.54) is 0 Å². The molecule has 20 heavy (non-hydrogen) atoms. The summed E-state index contributed by atoms with van der Waals surface area (Å²) in [5, 5.41) is 3.34. The molecule has 0 spiro atoms. The fraction of sp³-hybridized carbons (Fsp3) is 0.375. The molecular formula is C16H21NO3. The Morgan fingerprint density at radius 2 is 1.85 bits per heavy atom. The van der Waals surface area contributed by atoms with E-state index >= 15 is 0 Å². The van der Waals surface area contributed by atoms with Gasteiger partial charge in [0.05, 0.1) is 26.5 Å². The fourth-order valence-corrected chi connectivity index (χ4v) is 1.84. The van der Waals surface area contributed by atoms with Gasteiger partial charge in [0.15, 0.2) is 0 Å². The van der Waals surface area contributed by atoms with Crippen LogP contribution in [-0.2, 0) is 6.54 Å². The Labute approximate surface area is 119 Å². The van der Waals surface area contributed by atoms with Crippen molar-refractivity contribution in [1.82, 2.24) is 5.32 Å². The molecule has 0 fully saturated rings. The maximum atomic E-state index is 5.66. The second kappa shape index (κ2) is 8.27. The smallest absolute Gasteiger partial charge is 0.119 e. The van der Waals surface area contributed by atoms with Crippen molar-refractivity contribution in [2.75, 3.05) is 20.3 Å². The van der Waals surface area contributed by atoms with Gasteiger partial charge >= 0.3 is 0 Å². The van der Waals surface area contributed by atoms with Gasteiger partial charge in [0, 0.05) is 0 Å². The van der Waals surface area contributed by atoms with E-state index in [4.69, 9.17) is 13.9 Å². The number of methoxy groups -OCH3 is 1. The van der Waals surface area contributed by atoms with Crippen molar-refractivity contribution in [2.24, 2.45) is 0 Å². The van der Waals surface area contributed by atoms with E-state index < -0.39 is 0 Å². The number of rotatable bonds is 9. The van der Waals surface area contributed by atoms with Crippen LogP contribution in [0, 0.1) is 0 Å². The van der Waals surface area contributed by atoms with Crippen LogP contribution in [-0.4, -0.2) is 20.3 Å². The van der Waals surface area contributed by atoms with Gasteiger partial charge in [-0.1, -0.05) is 0 Å². The molecule has 1 heterocycles. The molecule has 0 atom stereocenters. The Kier molecular flexibility index (Phi) is 5.99. The summed E-state index contributed by atoms with van der Waals surface area (Å²) in [5.41, 5.74) is 0. The number of nitrogens with one attached hydrogen (secondary N) is 1. The van der Waals surface area contributed by atoms with Crippen molar-refractivity contribution in [1.29, 1.82) is 0 Å². The SMILES string of the molecule is COc1ccc(OCCCCNCc2ccco2)cc1. The van der Waals surface area contributed by atoms with Gasteiger partial charge in [-0.25, -0.2) is 0 Å². The molecule has 0 saturated carbocycles. The van der Waals surface area contributed by atoms with E-state index in [9.17, 15) is 0 Å². The predicted octanol–water partition coefficient (Wildman–Crippen LogP) is 3.24. The minimum Gasteiger partial charge on any atom is -0.497 e. The minimum atomic E-state index is 0.731. The summed E-state index contributed by atoms with van der Waals surface area (Å²) in [7, 11) is 1.66. The molecule has 4 nitrogen and oxygen atoms in total. The molecular weight excluding hydrogens is 254 g/mol. The molecule has 1 N–H and O–H groups in total. The topological polar surface area (TPSA) is 43.6 Å². The molecule has 1 aromatic heterocycles. The van der Waals surface area contributed by atoms with E-state index in [0.717, 1.165) is 49.8 Å². The van der Waals surface area contributed by atoms with Crippen molar-refractivity contribution in [3.63, 3.8) is 0 Å². The molecule has 4 heteroatoms. The Morgan fingerprint density at radius 1 is 1.05 bits per heavy atom. The average molecular weight is 275 g/mol. The van der Waals surface area contributed by atoms with Crippen molar-refractivity contribution < 1.29 is 13.9 Å². The Bertz CT molecular complexity index is 465.